The summed E-state index contributed by atoms with van der Waals surface area (Å²) in [4.78, 5) is 14.0. The number of rotatable bonds is 7. The Morgan fingerprint density at radius 2 is 1.94 bits per heavy atom. The molecule has 0 radical (unpaired) electrons. The van der Waals surface area contributed by atoms with Crippen LogP contribution in [0.4, 0.5) is 5.00 Å². The molecule has 1 aliphatic carbocycles. The summed E-state index contributed by atoms with van der Waals surface area (Å²) in [6.45, 7) is 0. The predicted molar refractivity (Wildman–Crippen MR) is 134 cm³/mol. The molecule has 178 valence electrons. The van der Waals surface area contributed by atoms with Crippen molar-refractivity contribution in [3.63, 3.8) is 0 Å². The largest absolute Gasteiger partial charge is 0.493 e. The number of hydrogen-bond donors (Lipinski definition) is 1. The van der Waals surface area contributed by atoms with Gasteiger partial charge in [-0.15, -0.1) is 21.5 Å². The van der Waals surface area contributed by atoms with Crippen molar-refractivity contribution in [3.05, 3.63) is 34.2 Å². The number of nitrogens with one attached hydrogen (secondary N) is 1. The van der Waals surface area contributed by atoms with Gasteiger partial charge in [0.1, 0.15) is 11.1 Å². The van der Waals surface area contributed by atoms with Gasteiger partial charge >= 0.3 is 0 Å². The van der Waals surface area contributed by atoms with Crippen molar-refractivity contribution in [1.82, 2.24) is 14.8 Å². The van der Waals surface area contributed by atoms with Crippen molar-refractivity contribution in [3.8, 4) is 29.0 Å². The first-order valence-electron chi connectivity index (χ1n) is 11.1. The predicted octanol–water partition coefficient (Wildman–Crippen LogP) is 4.82. The Kier molecular flexibility index (Phi) is 7.75. The molecule has 1 amide bonds. The van der Waals surface area contributed by atoms with Gasteiger partial charge in [0.15, 0.2) is 22.5 Å². The summed E-state index contributed by atoms with van der Waals surface area (Å²) in [6.07, 6.45) is 6.54. The zero-order valence-electron chi connectivity index (χ0n) is 19.5. The van der Waals surface area contributed by atoms with Gasteiger partial charge in [-0.2, -0.15) is 5.26 Å². The van der Waals surface area contributed by atoms with Crippen molar-refractivity contribution in [1.29, 1.82) is 5.26 Å². The molecule has 0 spiro atoms. The topological polar surface area (TPSA) is 102 Å². The summed E-state index contributed by atoms with van der Waals surface area (Å²) in [5.41, 5.74) is 2.59. The monoisotopic (exact) mass is 497 g/mol. The Labute approximate surface area is 207 Å². The third-order valence-electron chi connectivity index (χ3n) is 5.85. The molecule has 0 bridgehead atoms. The molecular weight excluding hydrogens is 470 g/mol. The van der Waals surface area contributed by atoms with Gasteiger partial charge in [-0.05, 0) is 49.4 Å². The first-order chi connectivity index (χ1) is 16.5. The highest BCUT2D eigenvalue weighted by molar-refractivity contribution is 7.99. The number of nitrogens with zero attached hydrogens (tertiary/aromatic N) is 4. The molecule has 0 aliphatic heterocycles. The van der Waals surface area contributed by atoms with Crippen LogP contribution < -0.4 is 14.8 Å². The molecule has 34 heavy (non-hydrogen) atoms. The van der Waals surface area contributed by atoms with E-state index in [4.69, 9.17) is 9.47 Å². The van der Waals surface area contributed by atoms with Crippen LogP contribution in [0.2, 0.25) is 0 Å². The van der Waals surface area contributed by atoms with Crippen molar-refractivity contribution in [2.24, 2.45) is 7.05 Å². The molecule has 1 N–H and O–H groups in total. The van der Waals surface area contributed by atoms with E-state index in [-0.39, 0.29) is 11.7 Å². The molecule has 0 fully saturated rings. The number of benzene rings is 1. The molecular formula is C24H27N5O3S2. The minimum atomic E-state index is -0.161. The van der Waals surface area contributed by atoms with Crippen LogP contribution in [0, 0.1) is 11.3 Å². The third-order valence-corrected chi connectivity index (χ3v) is 8.07. The number of thiophene rings is 1. The number of amides is 1. The number of thioether (sulfide) groups is 1. The van der Waals surface area contributed by atoms with E-state index in [1.54, 1.807) is 25.6 Å². The maximum absolute atomic E-state index is 12.7. The first kappa shape index (κ1) is 24.1. The van der Waals surface area contributed by atoms with Gasteiger partial charge in [0.25, 0.3) is 0 Å². The van der Waals surface area contributed by atoms with Gasteiger partial charge in [-0.1, -0.05) is 24.6 Å². The van der Waals surface area contributed by atoms with Crippen LogP contribution >= 0.6 is 23.1 Å². The van der Waals surface area contributed by atoms with Crippen LogP contribution in [0.5, 0.6) is 11.5 Å². The zero-order valence-corrected chi connectivity index (χ0v) is 21.1. The standard InChI is InChI=1S/C24H27N5O3S2/c1-29-22(15-10-11-18(31-2)19(12-15)32-3)27-28-24(29)33-14-21(30)26-23-17(13-25)16-8-6-4-5-7-9-20(16)34-23/h10-12H,4-9,14H2,1-3H3,(H,26,30). The third kappa shape index (κ3) is 5.05. The van der Waals surface area contributed by atoms with E-state index in [0.717, 1.165) is 36.8 Å². The zero-order chi connectivity index (χ0) is 24.1. The highest BCUT2D eigenvalue weighted by Gasteiger charge is 2.21. The van der Waals surface area contributed by atoms with Crippen molar-refractivity contribution in [2.45, 2.75) is 43.7 Å². The molecule has 2 aromatic heterocycles. The summed E-state index contributed by atoms with van der Waals surface area (Å²) < 4.78 is 12.5. The van der Waals surface area contributed by atoms with Crippen molar-refractivity contribution in [2.75, 3.05) is 25.3 Å². The van der Waals surface area contributed by atoms with Gasteiger partial charge in [-0.25, -0.2) is 0 Å². The number of anilines is 1. The van der Waals surface area contributed by atoms with Crippen LogP contribution in [0.15, 0.2) is 23.4 Å². The second-order valence-electron chi connectivity index (χ2n) is 8.01. The number of methoxy groups -OCH3 is 2. The number of carbonyl (C=O) groups is 1. The Balaban J connectivity index is 1.44. The van der Waals surface area contributed by atoms with Crippen LogP contribution in [0.1, 0.15) is 41.7 Å². The number of carbonyl (C=O) groups excluding carboxylic acids is 1. The number of hydrogen-bond acceptors (Lipinski definition) is 8. The lowest BCUT2D eigenvalue weighted by Crippen LogP contribution is -2.14. The second kappa shape index (κ2) is 10.9. The molecule has 10 heteroatoms. The molecule has 1 aliphatic rings. The molecule has 2 heterocycles. The number of ether oxygens (including phenoxy) is 2. The lowest BCUT2D eigenvalue weighted by atomic mass is 9.97. The maximum Gasteiger partial charge on any atom is 0.235 e. The van der Waals surface area contributed by atoms with Gasteiger partial charge in [0.2, 0.25) is 5.91 Å². The van der Waals surface area contributed by atoms with Crippen LogP contribution in [0.3, 0.4) is 0 Å². The summed E-state index contributed by atoms with van der Waals surface area (Å²) in [6, 6.07) is 7.87. The molecule has 0 atom stereocenters. The van der Waals surface area contributed by atoms with Crippen LogP contribution in [-0.4, -0.2) is 40.6 Å². The van der Waals surface area contributed by atoms with E-state index in [0.29, 0.717) is 33.0 Å². The smallest absolute Gasteiger partial charge is 0.235 e. The maximum atomic E-state index is 12.7. The summed E-state index contributed by atoms with van der Waals surface area (Å²) >= 11 is 2.86. The van der Waals surface area contributed by atoms with E-state index in [9.17, 15) is 10.1 Å². The number of fused-ring (bicyclic) bond motifs is 1. The molecule has 1 aromatic carbocycles. The van der Waals surface area contributed by atoms with Crippen LogP contribution in [0.25, 0.3) is 11.4 Å². The SMILES string of the molecule is COc1ccc(-c2nnc(SCC(=O)Nc3sc4c(c3C#N)CCCCCC4)n2C)cc1OC. The van der Waals surface area contributed by atoms with E-state index in [1.165, 1.54) is 29.5 Å². The van der Waals surface area contributed by atoms with Gasteiger partial charge in [0.05, 0.1) is 25.5 Å². The van der Waals surface area contributed by atoms with Crippen molar-refractivity contribution < 1.29 is 14.3 Å². The minimum absolute atomic E-state index is 0.161. The number of aromatic nitrogens is 3. The van der Waals surface area contributed by atoms with Gasteiger partial charge in [-0.3, -0.25) is 4.79 Å². The Hall–Kier alpha value is -3.03. The Morgan fingerprint density at radius 1 is 1.18 bits per heavy atom. The highest BCUT2D eigenvalue weighted by atomic mass is 32.2. The Morgan fingerprint density at radius 3 is 2.68 bits per heavy atom. The fourth-order valence-electron chi connectivity index (χ4n) is 4.09. The molecule has 0 saturated carbocycles. The average molecular weight is 498 g/mol. The van der Waals surface area contributed by atoms with Crippen molar-refractivity contribution >= 4 is 34.0 Å². The summed E-state index contributed by atoms with van der Waals surface area (Å²) in [5.74, 6) is 1.92. The van der Waals surface area contributed by atoms with Gasteiger partial charge in [0, 0.05) is 17.5 Å². The Bertz CT molecular complexity index is 1230. The lowest BCUT2D eigenvalue weighted by molar-refractivity contribution is -0.113. The normalized spacial score (nSPS) is 13.4. The van der Waals surface area contributed by atoms with E-state index < -0.39 is 0 Å². The molecule has 0 saturated heterocycles. The average Bonchev–Trinajstić information content (AvgIpc) is 3.35. The molecule has 3 aromatic rings. The van der Waals surface area contributed by atoms with E-state index >= 15 is 0 Å². The van der Waals surface area contributed by atoms with E-state index in [2.05, 4.69) is 21.6 Å². The highest BCUT2D eigenvalue weighted by Crippen LogP contribution is 2.37. The second-order valence-corrected chi connectivity index (χ2v) is 10.1. The van der Waals surface area contributed by atoms with E-state index in [1.807, 2.05) is 29.8 Å². The first-order valence-corrected chi connectivity index (χ1v) is 12.9. The number of aryl methyl sites for hydroxylation is 1. The fourth-order valence-corrected chi connectivity index (χ4v) is 6.05. The molecule has 8 nitrogen and oxygen atoms in total. The molecule has 0 unspecified atom stereocenters. The summed E-state index contributed by atoms with van der Waals surface area (Å²) in [5, 5.41) is 22.5. The summed E-state index contributed by atoms with van der Waals surface area (Å²) in [7, 11) is 5.04. The quantitative estimate of drug-likeness (QED) is 0.467. The fraction of sp³-hybridized carbons (Fsp3) is 0.417. The number of nitriles is 1. The molecule has 4 rings (SSSR count). The minimum Gasteiger partial charge on any atom is -0.493 e. The van der Waals surface area contributed by atoms with Gasteiger partial charge < -0.3 is 19.4 Å². The van der Waals surface area contributed by atoms with Crippen LogP contribution in [-0.2, 0) is 24.7 Å². The lowest BCUT2D eigenvalue weighted by Gasteiger charge is -2.09.